The average molecular weight is 478 g/mol. The topological polar surface area (TPSA) is 94.9 Å². The zero-order chi connectivity index (χ0) is 25.2. The molecule has 0 saturated heterocycles. The van der Waals surface area contributed by atoms with Crippen LogP contribution in [0.15, 0.2) is 57.6 Å². The number of oxazole rings is 1. The zero-order valence-electron chi connectivity index (χ0n) is 20.8. The molecule has 184 valence electrons. The van der Waals surface area contributed by atoms with Crippen LogP contribution in [0.2, 0.25) is 0 Å². The maximum absolute atomic E-state index is 11.5. The normalized spacial score (nSPS) is 12.7. The number of hydrogen-bond donors (Lipinski definition) is 1. The summed E-state index contributed by atoms with van der Waals surface area (Å²) in [6, 6.07) is 13.7. The number of aliphatic carboxylic acids is 1. The maximum Gasteiger partial charge on any atom is 0.333 e. The Labute approximate surface area is 204 Å². The number of carbonyl (C=O) groups is 1. The number of hydrogen-bond acceptors (Lipinski definition) is 6. The van der Waals surface area contributed by atoms with Crippen molar-refractivity contribution in [3.63, 3.8) is 0 Å². The third-order valence-electron chi connectivity index (χ3n) is 5.96. The maximum atomic E-state index is 11.5. The van der Waals surface area contributed by atoms with Crippen LogP contribution in [0.1, 0.15) is 50.3 Å². The Morgan fingerprint density at radius 1 is 1.11 bits per heavy atom. The van der Waals surface area contributed by atoms with Crippen molar-refractivity contribution in [1.82, 2.24) is 4.98 Å². The van der Waals surface area contributed by atoms with Crippen LogP contribution in [0.4, 0.5) is 0 Å². The molecule has 2 heterocycles. The van der Waals surface area contributed by atoms with Crippen LogP contribution < -0.4 is 4.74 Å². The number of benzene rings is 2. The van der Waals surface area contributed by atoms with E-state index in [2.05, 4.69) is 37.9 Å². The summed E-state index contributed by atoms with van der Waals surface area (Å²) in [6.45, 7) is 10.7. The van der Waals surface area contributed by atoms with Gasteiger partial charge in [-0.3, -0.25) is 0 Å². The third-order valence-corrected chi connectivity index (χ3v) is 5.96. The summed E-state index contributed by atoms with van der Waals surface area (Å²) in [4.78, 5) is 16.1. The van der Waals surface area contributed by atoms with Crippen molar-refractivity contribution >= 4 is 16.9 Å². The fraction of sp³-hybridized carbons (Fsp3) is 0.357. The highest BCUT2D eigenvalue weighted by molar-refractivity contribution is 5.87. The van der Waals surface area contributed by atoms with E-state index in [4.69, 9.17) is 18.3 Å². The molecule has 0 aliphatic carbocycles. The number of rotatable bonds is 9. The molecule has 0 bridgehead atoms. The van der Waals surface area contributed by atoms with Gasteiger partial charge in [-0.05, 0) is 54.7 Å². The summed E-state index contributed by atoms with van der Waals surface area (Å²) in [6.07, 6.45) is 0.833. The zero-order valence-corrected chi connectivity index (χ0v) is 20.8. The van der Waals surface area contributed by atoms with E-state index < -0.39 is 12.1 Å². The molecule has 35 heavy (non-hydrogen) atoms. The van der Waals surface area contributed by atoms with E-state index in [0.29, 0.717) is 35.3 Å². The first-order chi connectivity index (χ1) is 16.7. The Morgan fingerprint density at radius 3 is 2.51 bits per heavy atom. The van der Waals surface area contributed by atoms with E-state index in [0.717, 1.165) is 16.5 Å². The van der Waals surface area contributed by atoms with Gasteiger partial charge in [-0.1, -0.05) is 39.0 Å². The predicted molar refractivity (Wildman–Crippen MR) is 133 cm³/mol. The molecule has 0 radical (unpaired) electrons. The van der Waals surface area contributed by atoms with Gasteiger partial charge in [0.25, 0.3) is 0 Å². The molecule has 0 aliphatic rings. The number of nitrogens with zero attached hydrogens (tertiary/aromatic N) is 1. The summed E-state index contributed by atoms with van der Waals surface area (Å²) in [7, 11) is 0. The number of furan rings is 1. The van der Waals surface area contributed by atoms with E-state index >= 15 is 0 Å². The molecule has 0 spiro atoms. The Hall–Kier alpha value is -3.58. The van der Waals surface area contributed by atoms with Gasteiger partial charge >= 0.3 is 5.97 Å². The van der Waals surface area contributed by atoms with Crippen molar-refractivity contribution in [2.45, 2.75) is 59.2 Å². The van der Waals surface area contributed by atoms with Crippen LogP contribution in [0.5, 0.6) is 5.75 Å². The fourth-order valence-electron chi connectivity index (χ4n) is 3.94. The van der Waals surface area contributed by atoms with Gasteiger partial charge in [0.2, 0.25) is 5.89 Å². The Morgan fingerprint density at radius 2 is 1.86 bits per heavy atom. The van der Waals surface area contributed by atoms with Crippen LogP contribution >= 0.6 is 0 Å². The van der Waals surface area contributed by atoms with Crippen LogP contribution in [0.25, 0.3) is 22.4 Å². The Kier molecular flexibility index (Phi) is 6.98. The molecule has 1 atom stereocenters. The molecule has 4 aromatic rings. The molecule has 2 aromatic heterocycles. The van der Waals surface area contributed by atoms with Gasteiger partial charge in [-0.25, -0.2) is 9.78 Å². The van der Waals surface area contributed by atoms with Crippen molar-refractivity contribution in [1.29, 1.82) is 0 Å². The molecule has 7 heteroatoms. The molecule has 4 rings (SSSR count). The standard InChI is InChI=1S/C28H31NO6/c1-6-32-24(27(30)31)15-19-9-12-23(21-13-14-33-25(19)21)34-16-22-17(2)35-26(29-22)18-7-10-20(11-8-18)28(3,4)5/h7-14,24H,6,15-16H2,1-5H3,(H,30,31). The van der Waals surface area contributed by atoms with E-state index in [1.807, 2.05) is 37.3 Å². The molecule has 0 amide bonds. The van der Waals surface area contributed by atoms with Crippen molar-refractivity contribution in [2.24, 2.45) is 0 Å². The number of carboxylic acids is 1. The van der Waals surface area contributed by atoms with Crippen molar-refractivity contribution in [3.8, 4) is 17.2 Å². The van der Waals surface area contributed by atoms with Crippen molar-refractivity contribution in [2.75, 3.05) is 6.61 Å². The van der Waals surface area contributed by atoms with Crippen LogP contribution in [-0.2, 0) is 28.0 Å². The summed E-state index contributed by atoms with van der Waals surface area (Å²) in [5, 5.41) is 10.2. The Balaban J connectivity index is 1.51. The fourth-order valence-corrected chi connectivity index (χ4v) is 3.94. The molecule has 1 unspecified atom stereocenters. The van der Waals surface area contributed by atoms with Gasteiger partial charge in [-0.15, -0.1) is 0 Å². The number of carboxylic acid groups (broad SMARTS) is 1. The minimum absolute atomic E-state index is 0.0789. The second-order valence-electron chi connectivity index (χ2n) is 9.51. The molecule has 0 saturated carbocycles. The van der Waals surface area contributed by atoms with E-state index in [9.17, 15) is 9.90 Å². The summed E-state index contributed by atoms with van der Waals surface area (Å²) >= 11 is 0. The SMILES string of the molecule is CCOC(Cc1ccc(OCc2nc(-c3ccc(C(C)(C)C)cc3)oc2C)c2ccoc12)C(=O)O. The molecule has 0 fully saturated rings. The smallest absolute Gasteiger partial charge is 0.333 e. The number of fused-ring (bicyclic) bond motifs is 1. The number of aryl methyl sites for hydroxylation is 1. The lowest BCUT2D eigenvalue weighted by atomic mass is 9.87. The summed E-state index contributed by atoms with van der Waals surface area (Å²) < 4.78 is 23.0. The highest BCUT2D eigenvalue weighted by atomic mass is 16.5. The largest absolute Gasteiger partial charge is 0.486 e. The van der Waals surface area contributed by atoms with Gasteiger partial charge in [0.1, 0.15) is 29.4 Å². The second kappa shape index (κ2) is 9.96. The highest BCUT2D eigenvalue weighted by Gasteiger charge is 2.22. The quantitative estimate of drug-likeness (QED) is 0.302. The lowest BCUT2D eigenvalue weighted by molar-refractivity contribution is -0.149. The van der Waals surface area contributed by atoms with Crippen LogP contribution in [0.3, 0.4) is 0 Å². The monoisotopic (exact) mass is 477 g/mol. The van der Waals surface area contributed by atoms with E-state index in [-0.39, 0.29) is 18.4 Å². The molecular weight excluding hydrogens is 446 g/mol. The average Bonchev–Trinajstić information content (AvgIpc) is 3.45. The van der Waals surface area contributed by atoms with Gasteiger partial charge in [0.05, 0.1) is 11.6 Å². The molecule has 0 aliphatic heterocycles. The number of ether oxygens (including phenoxy) is 2. The van der Waals surface area contributed by atoms with Gasteiger partial charge in [0.15, 0.2) is 6.10 Å². The highest BCUT2D eigenvalue weighted by Crippen LogP contribution is 2.32. The van der Waals surface area contributed by atoms with Gasteiger partial charge in [-0.2, -0.15) is 0 Å². The molecule has 7 nitrogen and oxygen atoms in total. The molecule has 1 N–H and O–H groups in total. The van der Waals surface area contributed by atoms with Gasteiger partial charge < -0.3 is 23.4 Å². The van der Waals surface area contributed by atoms with Crippen molar-refractivity contribution in [3.05, 3.63) is 71.3 Å². The first-order valence-corrected chi connectivity index (χ1v) is 11.7. The first-order valence-electron chi connectivity index (χ1n) is 11.7. The number of aromatic nitrogens is 1. The third kappa shape index (κ3) is 5.41. The van der Waals surface area contributed by atoms with Crippen molar-refractivity contribution < 1.29 is 28.2 Å². The minimum atomic E-state index is -1.00. The molecular formula is C28H31NO6. The second-order valence-corrected chi connectivity index (χ2v) is 9.51. The van der Waals surface area contributed by atoms with Crippen LogP contribution in [-0.4, -0.2) is 28.8 Å². The summed E-state index contributed by atoms with van der Waals surface area (Å²) in [5.74, 6) is 0.874. The summed E-state index contributed by atoms with van der Waals surface area (Å²) in [5.41, 5.74) is 4.28. The lowest BCUT2D eigenvalue weighted by Crippen LogP contribution is -2.26. The molecule has 2 aromatic carbocycles. The lowest BCUT2D eigenvalue weighted by Gasteiger charge is -2.18. The van der Waals surface area contributed by atoms with Crippen LogP contribution in [0, 0.1) is 6.92 Å². The Bertz CT molecular complexity index is 1310. The van der Waals surface area contributed by atoms with Gasteiger partial charge in [0, 0.05) is 18.6 Å². The van der Waals surface area contributed by atoms with E-state index in [1.54, 1.807) is 13.2 Å². The van der Waals surface area contributed by atoms with E-state index in [1.165, 1.54) is 5.56 Å². The minimum Gasteiger partial charge on any atom is -0.486 e. The first kappa shape index (κ1) is 24.5. The predicted octanol–water partition coefficient (Wildman–Crippen LogP) is 6.30.